The summed E-state index contributed by atoms with van der Waals surface area (Å²) in [7, 11) is -8.75. The highest BCUT2D eigenvalue weighted by atomic mass is 32.3. The van der Waals surface area contributed by atoms with Gasteiger partial charge in [0.25, 0.3) is 0 Å². The Bertz CT molecular complexity index is 807. The van der Waals surface area contributed by atoms with Gasteiger partial charge in [0.15, 0.2) is 0 Å². The zero-order valence-corrected chi connectivity index (χ0v) is 12.9. The Morgan fingerprint density at radius 3 is 1.71 bits per heavy atom. The minimum Gasteiger partial charge on any atom is -0.193 e. The summed E-state index contributed by atoms with van der Waals surface area (Å²) in [6.07, 6.45) is 0.753. The summed E-state index contributed by atoms with van der Waals surface area (Å²) in [6, 6.07) is 13.0. The maximum absolute atomic E-state index is 12.0. The molecule has 2 aromatic carbocycles. The highest BCUT2D eigenvalue weighted by Crippen LogP contribution is 2.20. The SMILES string of the molecule is CCc1ccc(S(=O)(=O)OS(=O)(=O)c2ccccc2)cc1. The smallest absolute Gasteiger partial charge is 0.193 e. The van der Waals surface area contributed by atoms with Crippen molar-refractivity contribution in [3.05, 3.63) is 60.2 Å². The summed E-state index contributed by atoms with van der Waals surface area (Å²) in [5, 5.41) is 0. The normalized spacial score (nSPS) is 12.2. The molecular formula is C14H14O5S2. The Labute approximate surface area is 124 Å². The van der Waals surface area contributed by atoms with E-state index in [2.05, 4.69) is 3.63 Å². The van der Waals surface area contributed by atoms with Crippen molar-refractivity contribution in [1.82, 2.24) is 0 Å². The first-order valence-corrected chi connectivity index (χ1v) is 9.02. The molecule has 21 heavy (non-hydrogen) atoms. The van der Waals surface area contributed by atoms with E-state index in [4.69, 9.17) is 0 Å². The summed E-state index contributed by atoms with van der Waals surface area (Å²) in [5.74, 6) is 0. The van der Waals surface area contributed by atoms with Gasteiger partial charge in [-0.05, 0) is 36.2 Å². The quantitative estimate of drug-likeness (QED) is 0.843. The highest BCUT2D eigenvalue weighted by Gasteiger charge is 2.26. The first-order chi connectivity index (χ1) is 9.85. The van der Waals surface area contributed by atoms with Gasteiger partial charge in [-0.3, -0.25) is 0 Å². The van der Waals surface area contributed by atoms with E-state index in [-0.39, 0.29) is 9.79 Å². The van der Waals surface area contributed by atoms with Crippen molar-refractivity contribution in [3.63, 3.8) is 0 Å². The summed E-state index contributed by atoms with van der Waals surface area (Å²) < 4.78 is 52.3. The van der Waals surface area contributed by atoms with Gasteiger partial charge in [-0.2, -0.15) is 16.8 Å². The molecule has 0 aliphatic rings. The molecular weight excluding hydrogens is 312 g/mol. The second kappa shape index (κ2) is 5.97. The molecule has 7 heteroatoms. The Kier molecular flexibility index (Phi) is 4.46. The van der Waals surface area contributed by atoms with Crippen LogP contribution in [0.15, 0.2) is 64.4 Å². The van der Waals surface area contributed by atoms with Crippen LogP contribution in [0.5, 0.6) is 0 Å². The Morgan fingerprint density at radius 1 is 0.762 bits per heavy atom. The van der Waals surface area contributed by atoms with Gasteiger partial charge in [-0.1, -0.05) is 37.3 Å². The molecule has 0 atom stereocenters. The lowest BCUT2D eigenvalue weighted by atomic mass is 10.2. The van der Waals surface area contributed by atoms with Gasteiger partial charge in [0.1, 0.15) is 0 Å². The Balaban J connectivity index is 2.32. The Hall–Kier alpha value is -1.70. The summed E-state index contributed by atoms with van der Waals surface area (Å²) in [6.45, 7) is 1.93. The molecule has 0 radical (unpaired) electrons. The summed E-state index contributed by atoms with van der Waals surface area (Å²) in [4.78, 5) is -0.405. The van der Waals surface area contributed by atoms with E-state index in [0.717, 1.165) is 12.0 Å². The lowest BCUT2D eigenvalue weighted by Gasteiger charge is -2.06. The van der Waals surface area contributed by atoms with Crippen LogP contribution in [0, 0.1) is 0 Å². The molecule has 0 bridgehead atoms. The summed E-state index contributed by atoms with van der Waals surface area (Å²) >= 11 is 0. The zero-order chi connectivity index (χ0) is 15.5. The average molecular weight is 326 g/mol. The molecule has 0 unspecified atom stereocenters. The van der Waals surface area contributed by atoms with Gasteiger partial charge in [0.05, 0.1) is 9.79 Å². The van der Waals surface area contributed by atoms with Crippen LogP contribution in [0.25, 0.3) is 0 Å². The number of hydrogen-bond donors (Lipinski definition) is 0. The minimum absolute atomic E-state index is 0.195. The molecule has 0 aliphatic heterocycles. The van der Waals surface area contributed by atoms with Crippen LogP contribution in [-0.2, 0) is 30.3 Å². The number of benzene rings is 2. The maximum atomic E-state index is 12.0. The van der Waals surface area contributed by atoms with Crippen LogP contribution in [-0.4, -0.2) is 16.8 Å². The first-order valence-electron chi connectivity index (χ1n) is 6.20. The van der Waals surface area contributed by atoms with Gasteiger partial charge in [0.2, 0.25) is 0 Å². The second-order valence-corrected chi connectivity index (χ2v) is 7.59. The lowest BCUT2D eigenvalue weighted by molar-refractivity contribution is 0.461. The third-order valence-electron chi connectivity index (χ3n) is 2.83. The van der Waals surface area contributed by atoms with Gasteiger partial charge >= 0.3 is 20.2 Å². The number of aryl methyl sites for hydroxylation is 1. The molecule has 2 rings (SSSR count). The van der Waals surface area contributed by atoms with E-state index in [9.17, 15) is 16.8 Å². The fourth-order valence-electron chi connectivity index (χ4n) is 1.68. The monoisotopic (exact) mass is 326 g/mol. The molecule has 5 nitrogen and oxygen atoms in total. The van der Waals surface area contributed by atoms with E-state index >= 15 is 0 Å². The van der Waals surface area contributed by atoms with Crippen molar-refractivity contribution < 1.29 is 20.5 Å². The number of rotatable bonds is 5. The van der Waals surface area contributed by atoms with E-state index in [1.165, 1.54) is 36.4 Å². The second-order valence-electron chi connectivity index (χ2n) is 4.29. The standard InChI is InChI=1S/C14H14O5S2/c1-2-12-8-10-14(11-9-12)21(17,18)19-20(15,16)13-6-4-3-5-7-13/h3-11H,2H2,1H3. The molecule has 0 spiro atoms. The third-order valence-corrected chi connectivity index (χ3v) is 5.96. The first kappa shape index (κ1) is 15.7. The van der Waals surface area contributed by atoms with Crippen molar-refractivity contribution in [2.75, 3.05) is 0 Å². The Morgan fingerprint density at radius 2 is 1.24 bits per heavy atom. The fourth-order valence-corrected chi connectivity index (χ4v) is 4.21. The molecule has 0 aromatic heterocycles. The lowest BCUT2D eigenvalue weighted by Crippen LogP contribution is -2.14. The van der Waals surface area contributed by atoms with Crippen LogP contribution in [0.4, 0.5) is 0 Å². The summed E-state index contributed by atoms with van der Waals surface area (Å²) in [5.41, 5.74) is 0.944. The van der Waals surface area contributed by atoms with Crippen LogP contribution < -0.4 is 0 Å². The van der Waals surface area contributed by atoms with Crippen molar-refractivity contribution >= 4 is 20.2 Å². The molecule has 0 saturated carbocycles. The molecule has 0 aliphatic carbocycles. The molecule has 0 amide bonds. The van der Waals surface area contributed by atoms with Crippen molar-refractivity contribution in [3.8, 4) is 0 Å². The van der Waals surface area contributed by atoms with Gasteiger partial charge in [-0.25, -0.2) is 0 Å². The van der Waals surface area contributed by atoms with Crippen LogP contribution in [0.2, 0.25) is 0 Å². The fraction of sp³-hybridized carbons (Fsp3) is 0.143. The number of hydrogen-bond acceptors (Lipinski definition) is 5. The predicted molar refractivity (Wildman–Crippen MR) is 77.7 cm³/mol. The molecule has 0 fully saturated rings. The van der Waals surface area contributed by atoms with Crippen LogP contribution >= 0.6 is 0 Å². The molecule has 0 saturated heterocycles. The van der Waals surface area contributed by atoms with Crippen LogP contribution in [0.3, 0.4) is 0 Å². The van der Waals surface area contributed by atoms with Crippen molar-refractivity contribution in [1.29, 1.82) is 0 Å². The van der Waals surface area contributed by atoms with Gasteiger partial charge in [0, 0.05) is 0 Å². The minimum atomic E-state index is -4.38. The predicted octanol–water partition coefficient (Wildman–Crippen LogP) is 2.34. The zero-order valence-electron chi connectivity index (χ0n) is 11.3. The molecule has 0 heterocycles. The highest BCUT2D eigenvalue weighted by molar-refractivity contribution is 7.99. The maximum Gasteiger partial charge on any atom is 0.311 e. The topological polar surface area (TPSA) is 77.5 Å². The van der Waals surface area contributed by atoms with E-state index in [1.54, 1.807) is 18.2 Å². The molecule has 112 valence electrons. The molecule has 0 N–H and O–H groups in total. The van der Waals surface area contributed by atoms with Crippen molar-refractivity contribution in [2.24, 2.45) is 0 Å². The van der Waals surface area contributed by atoms with E-state index < -0.39 is 20.2 Å². The largest absolute Gasteiger partial charge is 0.311 e. The van der Waals surface area contributed by atoms with E-state index in [0.29, 0.717) is 0 Å². The third kappa shape index (κ3) is 3.69. The van der Waals surface area contributed by atoms with E-state index in [1.807, 2.05) is 6.92 Å². The van der Waals surface area contributed by atoms with Crippen molar-refractivity contribution in [2.45, 2.75) is 23.1 Å². The van der Waals surface area contributed by atoms with Gasteiger partial charge < -0.3 is 0 Å². The average Bonchev–Trinajstić information content (AvgIpc) is 2.47. The van der Waals surface area contributed by atoms with Crippen LogP contribution in [0.1, 0.15) is 12.5 Å². The molecule has 2 aromatic rings. The van der Waals surface area contributed by atoms with Gasteiger partial charge in [-0.15, -0.1) is 3.63 Å².